The highest BCUT2D eigenvalue weighted by atomic mass is 32.2. The van der Waals surface area contributed by atoms with E-state index in [9.17, 15) is 18.0 Å². The van der Waals surface area contributed by atoms with E-state index < -0.39 is 21.3 Å². The molecule has 0 radical (unpaired) electrons. The van der Waals surface area contributed by atoms with E-state index in [0.29, 0.717) is 12.6 Å². The molecule has 6 heteroatoms. The van der Waals surface area contributed by atoms with Gasteiger partial charge in [0.15, 0.2) is 0 Å². The molecule has 0 aromatic carbocycles. The van der Waals surface area contributed by atoms with Crippen molar-refractivity contribution in [2.75, 3.05) is 0 Å². The van der Waals surface area contributed by atoms with Gasteiger partial charge in [0, 0.05) is 12.3 Å². The fourth-order valence-corrected chi connectivity index (χ4v) is 1.72. The second-order valence-electron chi connectivity index (χ2n) is 2.45. The molecule has 0 aromatic heterocycles. The number of hydrogen-bond donors (Lipinski definition) is 1. The van der Waals surface area contributed by atoms with Crippen molar-refractivity contribution in [3.63, 3.8) is 0 Å². The summed E-state index contributed by atoms with van der Waals surface area (Å²) >= 11 is 0. The Morgan fingerprint density at radius 2 is 1.92 bits per heavy atom. The van der Waals surface area contributed by atoms with E-state index in [2.05, 4.69) is 0 Å². The zero-order valence-electron chi connectivity index (χ0n) is 6.50. The summed E-state index contributed by atoms with van der Waals surface area (Å²) in [7, 11) is -4.30. The van der Waals surface area contributed by atoms with Crippen molar-refractivity contribution in [3.05, 3.63) is 0 Å². The molecule has 12 heavy (non-hydrogen) atoms. The molecule has 0 heterocycles. The van der Waals surface area contributed by atoms with Gasteiger partial charge in [0.1, 0.15) is 17.8 Å². The molecule has 0 aliphatic carbocycles. The van der Waals surface area contributed by atoms with E-state index in [4.69, 9.17) is 4.55 Å². The van der Waals surface area contributed by atoms with Crippen LogP contribution in [0.1, 0.15) is 13.3 Å². The Morgan fingerprint density at radius 1 is 1.42 bits per heavy atom. The van der Waals surface area contributed by atoms with Gasteiger partial charge in [-0.2, -0.15) is 8.42 Å². The van der Waals surface area contributed by atoms with Crippen LogP contribution in [0, 0.1) is 5.92 Å². The fourth-order valence-electron chi connectivity index (χ4n) is 0.790. The quantitative estimate of drug-likeness (QED) is 0.478. The highest BCUT2D eigenvalue weighted by molar-refractivity contribution is 7.86. The molecule has 0 spiro atoms. The van der Waals surface area contributed by atoms with E-state index in [1.807, 2.05) is 0 Å². The first-order valence-corrected chi connectivity index (χ1v) is 4.79. The SMILES string of the molecule is CC(C=O)C(CC=O)S(=O)(=O)O. The molecule has 70 valence electrons. The van der Waals surface area contributed by atoms with E-state index in [0.717, 1.165) is 0 Å². The summed E-state index contributed by atoms with van der Waals surface area (Å²) in [6, 6.07) is 0. The van der Waals surface area contributed by atoms with Crippen LogP contribution in [0.3, 0.4) is 0 Å². The van der Waals surface area contributed by atoms with E-state index in [1.165, 1.54) is 6.92 Å². The van der Waals surface area contributed by atoms with Crippen LogP contribution < -0.4 is 0 Å². The molecule has 2 unspecified atom stereocenters. The van der Waals surface area contributed by atoms with Crippen LogP contribution in [0.25, 0.3) is 0 Å². The van der Waals surface area contributed by atoms with Crippen molar-refractivity contribution in [2.45, 2.75) is 18.6 Å². The molecule has 0 aliphatic rings. The number of carbonyl (C=O) groups excluding carboxylic acids is 2. The van der Waals surface area contributed by atoms with Crippen molar-refractivity contribution in [2.24, 2.45) is 5.92 Å². The maximum atomic E-state index is 10.6. The third kappa shape index (κ3) is 3.10. The second-order valence-corrected chi connectivity index (χ2v) is 4.09. The standard InChI is InChI=1S/C6H10O5S/c1-5(4-8)6(2-3-7)12(9,10)11/h3-6H,2H2,1H3,(H,9,10,11). The zero-order chi connectivity index (χ0) is 9.78. The Balaban J connectivity index is 4.66. The predicted molar refractivity (Wildman–Crippen MR) is 41.2 cm³/mol. The van der Waals surface area contributed by atoms with Gasteiger partial charge in [-0.05, 0) is 0 Å². The van der Waals surface area contributed by atoms with Gasteiger partial charge in [-0.1, -0.05) is 6.92 Å². The fraction of sp³-hybridized carbons (Fsp3) is 0.667. The summed E-state index contributed by atoms with van der Waals surface area (Å²) in [5.41, 5.74) is 0. The lowest BCUT2D eigenvalue weighted by molar-refractivity contribution is -0.111. The van der Waals surface area contributed by atoms with Gasteiger partial charge in [-0.3, -0.25) is 4.55 Å². The predicted octanol–water partition coefficient (Wildman–Crippen LogP) is -0.333. The molecule has 0 saturated heterocycles. The summed E-state index contributed by atoms with van der Waals surface area (Å²) in [6.07, 6.45) is 0.388. The van der Waals surface area contributed by atoms with Crippen LogP contribution in [0.15, 0.2) is 0 Å². The van der Waals surface area contributed by atoms with Gasteiger partial charge in [-0.15, -0.1) is 0 Å². The number of aldehydes is 2. The molecule has 5 nitrogen and oxygen atoms in total. The molecule has 0 saturated carbocycles. The highest BCUT2D eigenvalue weighted by Gasteiger charge is 2.28. The van der Waals surface area contributed by atoms with Crippen LogP contribution in [-0.4, -0.2) is 30.8 Å². The lowest BCUT2D eigenvalue weighted by Gasteiger charge is -2.12. The smallest absolute Gasteiger partial charge is 0.268 e. The zero-order valence-corrected chi connectivity index (χ0v) is 7.32. The Kier molecular flexibility index (Phi) is 4.05. The molecule has 0 aromatic rings. The largest absolute Gasteiger partial charge is 0.303 e. The van der Waals surface area contributed by atoms with Gasteiger partial charge in [0.25, 0.3) is 10.1 Å². The molecule has 2 atom stereocenters. The number of rotatable bonds is 5. The summed E-state index contributed by atoms with van der Waals surface area (Å²) < 4.78 is 29.7. The van der Waals surface area contributed by atoms with Crippen molar-refractivity contribution in [1.82, 2.24) is 0 Å². The van der Waals surface area contributed by atoms with Gasteiger partial charge in [-0.25, -0.2) is 0 Å². The lowest BCUT2D eigenvalue weighted by atomic mass is 10.1. The van der Waals surface area contributed by atoms with E-state index in [1.54, 1.807) is 0 Å². The second kappa shape index (κ2) is 4.32. The van der Waals surface area contributed by atoms with Crippen molar-refractivity contribution in [1.29, 1.82) is 0 Å². The van der Waals surface area contributed by atoms with Crippen molar-refractivity contribution in [3.8, 4) is 0 Å². The third-order valence-electron chi connectivity index (χ3n) is 1.51. The Hall–Kier alpha value is -0.750. The minimum Gasteiger partial charge on any atom is -0.303 e. The third-order valence-corrected chi connectivity index (χ3v) is 2.90. The topological polar surface area (TPSA) is 88.5 Å². The molecule has 0 amide bonds. The minimum absolute atomic E-state index is 0.360. The molecule has 0 fully saturated rings. The van der Waals surface area contributed by atoms with Crippen LogP contribution in [0.4, 0.5) is 0 Å². The highest BCUT2D eigenvalue weighted by Crippen LogP contribution is 2.12. The molecular formula is C6H10O5S. The maximum absolute atomic E-state index is 10.6. The first-order valence-electron chi connectivity index (χ1n) is 3.28. The normalized spacial score (nSPS) is 16.5. The maximum Gasteiger partial charge on any atom is 0.268 e. The molecule has 0 aliphatic heterocycles. The van der Waals surface area contributed by atoms with Gasteiger partial charge >= 0.3 is 0 Å². The molecular weight excluding hydrogens is 184 g/mol. The van der Waals surface area contributed by atoms with Crippen molar-refractivity contribution < 1.29 is 22.6 Å². The van der Waals surface area contributed by atoms with Crippen LogP contribution in [-0.2, 0) is 19.7 Å². The lowest BCUT2D eigenvalue weighted by Crippen LogP contribution is -2.29. The average Bonchev–Trinajstić information content (AvgIpc) is 1.96. The Morgan fingerprint density at radius 3 is 2.17 bits per heavy atom. The Bertz CT molecular complexity index is 255. The molecule has 0 bridgehead atoms. The van der Waals surface area contributed by atoms with E-state index in [-0.39, 0.29) is 6.42 Å². The number of carbonyl (C=O) groups is 2. The van der Waals surface area contributed by atoms with Crippen molar-refractivity contribution >= 4 is 22.7 Å². The van der Waals surface area contributed by atoms with Crippen LogP contribution >= 0.6 is 0 Å². The summed E-state index contributed by atoms with van der Waals surface area (Å²) in [4.78, 5) is 20.2. The summed E-state index contributed by atoms with van der Waals surface area (Å²) in [6.45, 7) is 1.33. The van der Waals surface area contributed by atoms with Gasteiger partial charge in [0.05, 0.1) is 0 Å². The van der Waals surface area contributed by atoms with Gasteiger partial charge < -0.3 is 9.59 Å². The summed E-state index contributed by atoms with van der Waals surface area (Å²) in [5.74, 6) is -0.870. The van der Waals surface area contributed by atoms with Gasteiger partial charge in [0.2, 0.25) is 0 Å². The van der Waals surface area contributed by atoms with Crippen LogP contribution in [0.2, 0.25) is 0 Å². The first kappa shape index (κ1) is 11.2. The molecule has 1 N–H and O–H groups in total. The first-order chi connectivity index (χ1) is 5.43. The van der Waals surface area contributed by atoms with Crippen LogP contribution in [0.5, 0.6) is 0 Å². The minimum atomic E-state index is -4.30. The molecule has 0 rings (SSSR count). The van der Waals surface area contributed by atoms with E-state index >= 15 is 0 Å². The monoisotopic (exact) mass is 194 g/mol. The average molecular weight is 194 g/mol. The Labute approximate surface area is 70.5 Å². The number of hydrogen-bond acceptors (Lipinski definition) is 4. The summed E-state index contributed by atoms with van der Waals surface area (Å²) in [5, 5.41) is -1.31.